The molecular weight excluding hydrogens is 202 g/mol. The van der Waals surface area contributed by atoms with Crippen LogP contribution in [0.15, 0.2) is 0 Å². The van der Waals surface area contributed by atoms with Gasteiger partial charge in [-0.15, -0.1) is 0 Å². The minimum Gasteiger partial charge on any atom is -0.481 e. The van der Waals surface area contributed by atoms with Crippen molar-refractivity contribution in [3.8, 4) is 0 Å². The standard InChI is InChI=1S/C4H6O4.CH5NO2S/c5-3(6)1-2-4(7)8;1-5(2,3)4/h1-2H2,(H,5,6)(H,7,8);1H3,(H2,2,3,4). The maximum Gasteiger partial charge on any atom is 0.303 e. The van der Waals surface area contributed by atoms with E-state index in [-0.39, 0.29) is 12.8 Å². The average Bonchev–Trinajstić information content (AvgIpc) is 1.79. The van der Waals surface area contributed by atoms with Crippen LogP contribution in [0.4, 0.5) is 0 Å². The molecule has 0 aliphatic carbocycles. The Hall–Kier alpha value is -1.15. The first-order valence-electron chi connectivity index (χ1n) is 3.04. The van der Waals surface area contributed by atoms with Crippen LogP contribution >= 0.6 is 0 Å². The molecule has 0 rings (SSSR count). The molecule has 0 atom stereocenters. The monoisotopic (exact) mass is 213 g/mol. The molecule has 0 aromatic rings. The molecule has 8 heteroatoms. The van der Waals surface area contributed by atoms with Gasteiger partial charge in [-0.05, 0) is 0 Å². The van der Waals surface area contributed by atoms with Gasteiger partial charge in [-0.3, -0.25) is 9.59 Å². The topological polar surface area (TPSA) is 135 Å². The van der Waals surface area contributed by atoms with E-state index >= 15 is 0 Å². The van der Waals surface area contributed by atoms with Crippen LogP contribution in [0.2, 0.25) is 0 Å². The highest BCUT2D eigenvalue weighted by molar-refractivity contribution is 7.88. The fourth-order valence-electron chi connectivity index (χ4n) is 0.214. The van der Waals surface area contributed by atoms with Crippen molar-refractivity contribution in [3.63, 3.8) is 0 Å². The van der Waals surface area contributed by atoms with Crippen molar-refractivity contribution in [1.82, 2.24) is 0 Å². The van der Waals surface area contributed by atoms with E-state index in [1.165, 1.54) is 0 Å². The number of aliphatic carboxylic acids is 2. The second-order valence-electron chi connectivity index (χ2n) is 2.12. The van der Waals surface area contributed by atoms with Crippen LogP contribution in [0.5, 0.6) is 0 Å². The first kappa shape index (κ1) is 14.4. The number of hydrogen-bond acceptors (Lipinski definition) is 4. The number of nitrogens with two attached hydrogens (primary N) is 1. The maximum atomic E-state index is 9.64. The highest BCUT2D eigenvalue weighted by Gasteiger charge is 2.00. The van der Waals surface area contributed by atoms with Crippen LogP contribution in [0.1, 0.15) is 12.8 Å². The van der Waals surface area contributed by atoms with Crippen LogP contribution in [-0.2, 0) is 19.6 Å². The van der Waals surface area contributed by atoms with Gasteiger partial charge in [0.25, 0.3) is 0 Å². The lowest BCUT2D eigenvalue weighted by molar-refractivity contribution is -0.143. The predicted molar refractivity (Wildman–Crippen MR) is 43.5 cm³/mol. The second-order valence-corrected chi connectivity index (χ2v) is 3.78. The summed E-state index contributed by atoms with van der Waals surface area (Å²) in [5.74, 6) is -2.15. The first-order chi connectivity index (χ1) is 5.63. The molecule has 0 aliphatic heterocycles. The Labute approximate surface area is 75.2 Å². The molecule has 0 aromatic carbocycles. The Morgan fingerprint density at radius 3 is 1.38 bits per heavy atom. The van der Waals surface area contributed by atoms with Gasteiger partial charge >= 0.3 is 11.9 Å². The van der Waals surface area contributed by atoms with E-state index in [0.717, 1.165) is 6.26 Å². The fraction of sp³-hybridized carbons (Fsp3) is 0.600. The third kappa shape index (κ3) is 57.3. The summed E-state index contributed by atoms with van der Waals surface area (Å²) in [5, 5.41) is 20.1. The van der Waals surface area contributed by atoms with Crippen molar-refractivity contribution in [2.45, 2.75) is 12.8 Å². The summed E-state index contributed by atoms with van der Waals surface area (Å²) >= 11 is 0. The highest BCUT2D eigenvalue weighted by atomic mass is 32.2. The number of primary sulfonamides is 1. The zero-order chi connectivity index (χ0) is 11.1. The molecule has 0 amide bonds. The van der Waals surface area contributed by atoms with Gasteiger partial charge in [-0.25, -0.2) is 13.6 Å². The number of sulfonamides is 1. The molecule has 0 heterocycles. The van der Waals surface area contributed by atoms with E-state index < -0.39 is 22.0 Å². The zero-order valence-electron chi connectivity index (χ0n) is 6.93. The third-order valence-corrected chi connectivity index (χ3v) is 0.553. The van der Waals surface area contributed by atoms with Gasteiger partial charge in [-0.2, -0.15) is 0 Å². The third-order valence-electron chi connectivity index (χ3n) is 0.553. The summed E-state index contributed by atoms with van der Waals surface area (Å²) in [6.45, 7) is 0. The number of hydrogen-bond donors (Lipinski definition) is 3. The van der Waals surface area contributed by atoms with Crippen molar-refractivity contribution in [2.24, 2.45) is 5.14 Å². The van der Waals surface area contributed by atoms with Gasteiger partial charge in [0.1, 0.15) is 0 Å². The van der Waals surface area contributed by atoms with Crippen molar-refractivity contribution in [3.05, 3.63) is 0 Å². The normalized spacial score (nSPS) is 9.69. The minimum atomic E-state index is -3.17. The summed E-state index contributed by atoms with van der Waals surface area (Å²) in [6, 6.07) is 0. The predicted octanol–water partition coefficient (Wildman–Crippen LogP) is -1.16. The smallest absolute Gasteiger partial charge is 0.303 e. The van der Waals surface area contributed by atoms with Crippen molar-refractivity contribution in [1.29, 1.82) is 0 Å². The van der Waals surface area contributed by atoms with E-state index in [1.54, 1.807) is 0 Å². The highest BCUT2D eigenvalue weighted by Crippen LogP contribution is 1.86. The summed E-state index contributed by atoms with van der Waals surface area (Å²) in [4.78, 5) is 19.3. The van der Waals surface area contributed by atoms with E-state index in [0.29, 0.717) is 0 Å². The van der Waals surface area contributed by atoms with Crippen LogP contribution in [0.3, 0.4) is 0 Å². The minimum absolute atomic E-state index is 0.296. The Morgan fingerprint density at radius 2 is 1.31 bits per heavy atom. The lowest BCUT2D eigenvalue weighted by Gasteiger charge is -1.85. The largest absolute Gasteiger partial charge is 0.481 e. The molecule has 0 spiro atoms. The van der Waals surface area contributed by atoms with E-state index in [9.17, 15) is 18.0 Å². The molecule has 0 radical (unpaired) electrons. The summed E-state index contributed by atoms with van der Waals surface area (Å²) in [5.41, 5.74) is 0. The fourth-order valence-corrected chi connectivity index (χ4v) is 0.214. The molecule has 0 aromatic heterocycles. The molecule has 0 aliphatic rings. The van der Waals surface area contributed by atoms with Crippen LogP contribution in [-0.4, -0.2) is 36.8 Å². The van der Waals surface area contributed by atoms with Crippen molar-refractivity contribution < 1.29 is 28.2 Å². The maximum absolute atomic E-state index is 9.64. The molecule has 13 heavy (non-hydrogen) atoms. The average molecular weight is 213 g/mol. The van der Waals surface area contributed by atoms with Gasteiger partial charge in [-0.1, -0.05) is 0 Å². The van der Waals surface area contributed by atoms with Gasteiger partial charge < -0.3 is 10.2 Å². The molecule has 0 bridgehead atoms. The molecule has 4 N–H and O–H groups in total. The number of rotatable bonds is 3. The quantitative estimate of drug-likeness (QED) is 0.541. The lowest BCUT2D eigenvalue weighted by Crippen LogP contribution is -2.07. The van der Waals surface area contributed by atoms with Crippen LogP contribution in [0.25, 0.3) is 0 Å². The van der Waals surface area contributed by atoms with Crippen molar-refractivity contribution >= 4 is 22.0 Å². The summed E-state index contributed by atoms with van der Waals surface area (Å²) < 4.78 is 18.8. The summed E-state index contributed by atoms with van der Waals surface area (Å²) in [7, 11) is -3.17. The Bertz CT molecular complexity index is 247. The van der Waals surface area contributed by atoms with Crippen LogP contribution < -0.4 is 5.14 Å². The van der Waals surface area contributed by atoms with Crippen LogP contribution in [0, 0.1) is 0 Å². The van der Waals surface area contributed by atoms with Gasteiger partial charge in [0.2, 0.25) is 10.0 Å². The number of carboxylic acids is 2. The van der Waals surface area contributed by atoms with Gasteiger partial charge in [0, 0.05) is 0 Å². The SMILES string of the molecule is CS(N)(=O)=O.O=C(O)CCC(=O)O. The number of carbonyl (C=O) groups is 2. The van der Waals surface area contributed by atoms with Gasteiger partial charge in [0.05, 0.1) is 19.1 Å². The molecule has 7 nitrogen and oxygen atoms in total. The first-order valence-corrected chi connectivity index (χ1v) is 4.99. The van der Waals surface area contributed by atoms with E-state index in [4.69, 9.17) is 10.2 Å². The van der Waals surface area contributed by atoms with E-state index in [2.05, 4.69) is 5.14 Å². The molecule has 78 valence electrons. The second kappa shape index (κ2) is 6.38. The molecule has 0 saturated carbocycles. The molecule has 0 unspecified atom stereocenters. The molecule has 0 saturated heterocycles. The Kier molecular flexibility index (Phi) is 7.05. The zero-order valence-corrected chi connectivity index (χ0v) is 7.74. The summed E-state index contributed by atoms with van der Waals surface area (Å²) in [6.07, 6.45) is 0.345. The number of carboxylic acid groups (broad SMARTS) is 2. The lowest BCUT2D eigenvalue weighted by atomic mass is 10.3. The van der Waals surface area contributed by atoms with E-state index in [1.807, 2.05) is 0 Å². The molecular formula is C5H11NO6S. The van der Waals surface area contributed by atoms with Crippen molar-refractivity contribution in [2.75, 3.05) is 6.26 Å². The Balaban J connectivity index is 0. The molecule has 0 fully saturated rings. The Morgan fingerprint density at radius 1 is 1.15 bits per heavy atom. The van der Waals surface area contributed by atoms with Gasteiger partial charge in [0.15, 0.2) is 0 Å².